The second-order valence-corrected chi connectivity index (χ2v) is 7.09. The summed E-state index contributed by atoms with van der Waals surface area (Å²) < 4.78 is 13.4. The molecule has 0 fully saturated rings. The van der Waals surface area contributed by atoms with Crippen molar-refractivity contribution in [2.24, 2.45) is 0 Å². The number of hydrogen-bond donors (Lipinski definition) is 1. The minimum absolute atomic E-state index is 0.305. The highest BCUT2D eigenvalue weighted by Crippen LogP contribution is 2.31. The maximum Gasteiger partial charge on any atom is 0.256 e. The molecule has 0 radical (unpaired) electrons. The van der Waals surface area contributed by atoms with Crippen LogP contribution < -0.4 is 10.2 Å². The van der Waals surface area contributed by atoms with Crippen molar-refractivity contribution in [2.45, 2.75) is 0 Å². The molecule has 4 rings (SSSR count). The van der Waals surface area contributed by atoms with Crippen molar-refractivity contribution in [1.82, 2.24) is 15.0 Å². The smallest absolute Gasteiger partial charge is 0.256 e. The van der Waals surface area contributed by atoms with Gasteiger partial charge in [0.15, 0.2) is 5.82 Å². The van der Waals surface area contributed by atoms with Crippen LogP contribution >= 0.6 is 0 Å². The quantitative estimate of drug-likeness (QED) is 0.515. The minimum atomic E-state index is -0.324. The van der Waals surface area contributed by atoms with Crippen LogP contribution in [0.2, 0.25) is 0 Å². The van der Waals surface area contributed by atoms with E-state index in [1.165, 1.54) is 18.3 Å². The van der Waals surface area contributed by atoms with Gasteiger partial charge >= 0.3 is 0 Å². The van der Waals surface area contributed by atoms with Gasteiger partial charge in [-0.2, -0.15) is 0 Å². The summed E-state index contributed by atoms with van der Waals surface area (Å²) in [5.41, 5.74) is 4.26. The third-order valence-corrected chi connectivity index (χ3v) is 4.73. The first kappa shape index (κ1) is 20.2. The van der Waals surface area contributed by atoms with Gasteiger partial charge in [-0.15, -0.1) is 0 Å². The Morgan fingerprint density at radius 2 is 1.48 bits per heavy atom. The van der Waals surface area contributed by atoms with Crippen molar-refractivity contribution in [3.8, 4) is 22.5 Å². The van der Waals surface area contributed by atoms with Crippen molar-refractivity contribution in [2.75, 3.05) is 24.3 Å². The van der Waals surface area contributed by atoms with Crippen LogP contribution in [-0.2, 0) is 0 Å². The van der Waals surface area contributed by atoms with Crippen LogP contribution in [0.5, 0.6) is 0 Å². The van der Waals surface area contributed by atoms with Crippen LogP contribution in [0.3, 0.4) is 0 Å². The number of halogens is 1. The molecule has 0 spiro atoms. The molecule has 6 nitrogen and oxygen atoms in total. The lowest BCUT2D eigenvalue weighted by molar-refractivity contribution is 0.102. The number of pyridine rings is 1. The molecule has 2 aromatic carbocycles. The fraction of sp³-hybridized carbons (Fsp3) is 0.0833. The van der Waals surface area contributed by atoms with Gasteiger partial charge in [-0.1, -0.05) is 12.1 Å². The summed E-state index contributed by atoms with van der Waals surface area (Å²) >= 11 is 0. The Morgan fingerprint density at radius 3 is 2.13 bits per heavy atom. The molecule has 0 atom stereocenters. The highest BCUT2D eigenvalue weighted by molar-refractivity contribution is 6.03. The summed E-state index contributed by atoms with van der Waals surface area (Å²) in [4.78, 5) is 27.6. The average Bonchev–Trinajstić information content (AvgIpc) is 2.80. The van der Waals surface area contributed by atoms with Crippen molar-refractivity contribution in [1.29, 1.82) is 0 Å². The first-order valence-corrected chi connectivity index (χ1v) is 9.63. The molecule has 31 heavy (non-hydrogen) atoms. The summed E-state index contributed by atoms with van der Waals surface area (Å²) in [6, 6.07) is 17.2. The van der Waals surface area contributed by atoms with Gasteiger partial charge in [0.05, 0.1) is 17.6 Å². The Hall–Kier alpha value is -4.13. The van der Waals surface area contributed by atoms with E-state index in [0.717, 1.165) is 16.8 Å². The second kappa shape index (κ2) is 8.71. The molecule has 0 aliphatic heterocycles. The van der Waals surface area contributed by atoms with Gasteiger partial charge in [-0.25, -0.2) is 9.37 Å². The van der Waals surface area contributed by atoms with Crippen molar-refractivity contribution in [3.63, 3.8) is 0 Å². The first-order valence-electron chi connectivity index (χ1n) is 9.63. The Kier molecular flexibility index (Phi) is 5.66. The standard InChI is InChI=1S/C24H20FN5O/c1-30(2)20-9-5-17(6-10-20)23-22(16-3-7-19(25)8-4-16)27-15-21(28-23)29-24(31)18-11-13-26-14-12-18/h3-15H,1-2H3,(H,28,29,31). The third kappa shape index (κ3) is 4.56. The Balaban J connectivity index is 1.75. The van der Waals surface area contributed by atoms with Crippen LogP contribution in [0.25, 0.3) is 22.5 Å². The molecule has 0 aliphatic rings. The highest BCUT2D eigenvalue weighted by Gasteiger charge is 2.15. The molecule has 1 amide bonds. The number of anilines is 2. The van der Waals surface area contributed by atoms with E-state index in [1.54, 1.807) is 36.7 Å². The van der Waals surface area contributed by atoms with Crippen LogP contribution in [0.4, 0.5) is 15.9 Å². The Morgan fingerprint density at radius 1 is 0.871 bits per heavy atom. The van der Waals surface area contributed by atoms with Crippen molar-refractivity contribution < 1.29 is 9.18 Å². The van der Waals surface area contributed by atoms with Gasteiger partial charge in [0.25, 0.3) is 5.91 Å². The number of rotatable bonds is 5. The van der Waals surface area contributed by atoms with Crippen LogP contribution in [0.15, 0.2) is 79.3 Å². The van der Waals surface area contributed by atoms with Gasteiger partial charge < -0.3 is 10.2 Å². The number of aromatic nitrogens is 3. The van der Waals surface area contributed by atoms with Crippen LogP contribution in [0, 0.1) is 5.82 Å². The van der Waals surface area contributed by atoms with Gasteiger partial charge in [-0.3, -0.25) is 14.8 Å². The topological polar surface area (TPSA) is 71.0 Å². The molecule has 7 heteroatoms. The summed E-state index contributed by atoms with van der Waals surface area (Å²) in [6.07, 6.45) is 4.60. The van der Waals surface area contributed by atoms with Gasteiger partial charge in [0.1, 0.15) is 5.82 Å². The lowest BCUT2D eigenvalue weighted by Gasteiger charge is -2.14. The maximum absolute atomic E-state index is 13.4. The zero-order valence-electron chi connectivity index (χ0n) is 17.1. The van der Waals surface area contributed by atoms with E-state index >= 15 is 0 Å². The number of hydrogen-bond acceptors (Lipinski definition) is 5. The maximum atomic E-state index is 13.4. The Labute approximate surface area is 179 Å². The van der Waals surface area contributed by atoms with Gasteiger partial charge in [0.2, 0.25) is 0 Å². The van der Waals surface area contributed by atoms with E-state index in [1.807, 2.05) is 43.3 Å². The lowest BCUT2D eigenvalue weighted by atomic mass is 10.0. The summed E-state index contributed by atoms with van der Waals surface area (Å²) in [7, 11) is 3.93. The van der Waals surface area contributed by atoms with Crippen molar-refractivity contribution >= 4 is 17.4 Å². The molecule has 0 saturated heterocycles. The number of nitrogens with zero attached hydrogens (tertiary/aromatic N) is 4. The molecule has 0 aliphatic carbocycles. The zero-order chi connectivity index (χ0) is 21.8. The number of carbonyl (C=O) groups is 1. The lowest BCUT2D eigenvalue weighted by Crippen LogP contribution is -2.13. The molecule has 154 valence electrons. The third-order valence-electron chi connectivity index (χ3n) is 4.73. The van der Waals surface area contributed by atoms with E-state index in [0.29, 0.717) is 22.8 Å². The van der Waals surface area contributed by atoms with E-state index in [2.05, 4.69) is 20.3 Å². The fourth-order valence-electron chi connectivity index (χ4n) is 3.08. The molecule has 4 aromatic rings. The number of amides is 1. The fourth-order valence-corrected chi connectivity index (χ4v) is 3.08. The summed E-state index contributed by atoms with van der Waals surface area (Å²) in [5.74, 6) is -0.311. The molecule has 0 saturated carbocycles. The largest absolute Gasteiger partial charge is 0.378 e. The van der Waals surface area contributed by atoms with E-state index in [-0.39, 0.29) is 11.7 Å². The first-order chi connectivity index (χ1) is 15.0. The highest BCUT2D eigenvalue weighted by atomic mass is 19.1. The minimum Gasteiger partial charge on any atom is -0.378 e. The van der Waals surface area contributed by atoms with Crippen LogP contribution in [0.1, 0.15) is 10.4 Å². The van der Waals surface area contributed by atoms with E-state index in [4.69, 9.17) is 0 Å². The van der Waals surface area contributed by atoms with E-state index in [9.17, 15) is 9.18 Å². The number of benzene rings is 2. The zero-order valence-corrected chi connectivity index (χ0v) is 17.1. The van der Waals surface area contributed by atoms with Gasteiger partial charge in [-0.05, 0) is 48.5 Å². The SMILES string of the molecule is CN(C)c1ccc(-c2nc(NC(=O)c3ccncc3)cnc2-c2ccc(F)cc2)cc1. The van der Waals surface area contributed by atoms with Crippen LogP contribution in [-0.4, -0.2) is 35.0 Å². The predicted octanol–water partition coefficient (Wildman–Crippen LogP) is 4.66. The summed E-state index contributed by atoms with van der Waals surface area (Å²) in [6.45, 7) is 0. The predicted molar refractivity (Wildman–Crippen MR) is 119 cm³/mol. The molecule has 1 N–H and O–H groups in total. The molecular formula is C24H20FN5O. The molecular weight excluding hydrogens is 393 g/mol. The monoisotopic (exact) mass is 413 g/mol. The molecule has 0 unspecified atom stereocenters. The molecule has 0 bridgehead atoms. The molecule has 2 heterocycles. The molecule has 2 aromatic heterocycles. The van der Waals surface area contributed by atoms with E-state index < -0.39 is 0 Å². The number of carbonyl (C=O) groups excluding carboxylic acids is 1. The summed E-state index contributed by atoms with van der Waals surface area (Å²) in [5, 5.41) is 2.78. The Bertz CT molecular complexity index is 1190. The average molecular weight is 413 g/mol. The second-order valence-electron chi connectivity index (χ2n) is 7.09. The van der Waals surface area contributed by atoms with Crippen molar-refractivity contribution in [3.05, 3.63) is 90.6 Å². The normalized spacial score (nSPS) is 10.5. The number of nitrogens with one attached hydrogen (secondary N) is 1. The van der Waals surface area contributed by atoms with Gasteiger partial charge in [0, 0.05) is 48.9 Å².